The van der Waals surface area contributed by atoms with Crippen LogP contribution >= 0.6 is 0 Å². The molecule has 1 aromatic heterocycles. The van der Waals surface area contributed by atoms with Crippen LogP contribution < -0.4 is 5.32 Å². The van der Waals surface area contributed by atoms with Crippen LogP contribution in [0.1, 0.15) is 24.1 Å². The van der Waals surface area contributed by atoms with Gasteiger partial charge in [-0.05, 0) is 25.0 Å². The second-order valence-corrected chi connectivity index (χ2v) is 4.08. The van der Waals surface area contributed by atoms with Crippen LogP contribution in [0.4, 0.5) is 5.95 Å². The Balaban J connectivity index is 2.18. The molecular weight excluding hydrogens is 198 g/mol. The standard InChI is InChI=1S/C13H17N3/c1-10-6-4-5-7-12(10)11(2)15-13-14-8-9-16(13)3/h4-9,11H,1-3H3,(H,14,15). The van der Waals surface area contributed by atoms with Gasteiger partial charge in [0.05, 0.1) is 6.04 Å². The highest BCUT2D eigenvalue weighted by Crippen LogP contribution is 2.20. The van der Waals surface area contributed by atoms with Crippen molar-refractivity contribution in [3.8, 4) is 0 Å². The lowest BCUT2D eigenvalue weighted by molar-refractivity contribution is 0.817. The molecule has 0 saturated heterocycles. The van der Waals surface area contributed by atoms with Gasteiger partial charge in [-0.1, -0.05) is 24.3 Å². The molecule has 1 unspecified atom stereocenters. The maximum atomic E-state index is 4.26. The summed E-state index contributed by atoms with van der Waals surface area (Å²) in [5, 5.41) is 3.40. The fourth-order valence-corrected chi connectivity index (χ4v) is 1.85. The highest BCUT2D eigenvalue weighted by Gasteiger charge is 2.09. The van der Waals surface area contributed by atoms with Crippen molar-refractivity contribution < 1.29 is 0 Å². The number of nitrogens with one attached hydrogen (secondary N) is 1. The van der Waals surface area contributed by atoms with E-state index in [-0.39, 0.29) is 6.04 Å². The van der Waals surface area contributed by atoms with E-state index in [0.29, 0.717) is 0 Å². The van der Waals surface area contributed by atoms with Gasteiger partial charge in [-0.3, -0.25) is 0 Å². The summed E-state index contributed by atoms with van der Waals surface area (Å²) in [4.78, 5) is 4.26. The SMILES string of the molecule is Cc1ccccc1C(C)Nc1nccn1C. The van der Waals surface area contributed by atoms with Gasteiger partial charge < -0.3 is 9.88 Å². The zero-order chi connectivity index (χ0) is 11.5. The van der Waals surface area contributed by atoms with Crippen LogP contribution in [0.15, 0.2) is 36.7 Å². The van der Waals surface area contributed by atoms with E-state index in [1.54, 1.807) is 6.20 Å². The van der Waals surface area contributed by atoms with Crippen LogP contribution in [0.25, 0.3) is 0 Å². The van der Waals surface area contributed by atoms with Crippen molar-refractivity contribution >= 4 is 5.95 Å². The first-order chi connectivity index (χ1) is 7.68. The van der Waals surface area contributed by atoms with Gasteiger partial charge in [-0.15, -0.1) is 0 Å². The predicted molar refractivity (Wildman–Crippen MR) is 66.4 cm³/mol. The normalized spacial score (nSPS) is 12.4. The minimum Gasteiger partial charge on any atom is -0.349 e. The Hall–Kier alpha value is -1.77. The Morgan fingerprint density at radius 1 is 1.31 bits per heavy atom. The summed E-state index contributed by atoms with van der Waals surface area (Å²) >= 11 is 0. The minimum absolute atomic E-state index is 0.266. The van der Waals surface area contributed by atoms with Gasteiger partial charge in [0, 0.05) is 19.4 Å². The maximum absolute atomic E-state index is 4.26. The molecule has 2 aromatic rings. The van der Waals surface area contributed by atoms with Gasteiger partial charge in [-0.25, -0.2) is 4.98 Å². The van der Waals surface area contributed by atoms with Crippen LogP contribution in [0.3, 0.4) is 0 Å². The van der Waals surface area contributed by atoms with E-state index < -0.39 is 0 Å². The topological polar surface area (TPSA) is 29.9 Å². The molecule has 16 heavy (non-hydrogen) atoms. The average Bonchev–Trinajstić information content (AvgIpc) is 2.65. The summed E-state index contributed by atoms with van der Waals surface area (Å²) in [5.41, 5.74) is 2.61. The molecular formula is C13H17N3. The van der Waals surface area contributed by atoms with Crippen LogP contribution in [0.2, 0.25) is 0 Å². The zero-order valence-corrected chi connectivity index (χ0v) is 9.94. The molecule has 0 fully saturated rings. The number of aromatic nitrogens is 2. The molecule has 0 spiro atoms. The largest absolute Gasteiger partial charge is 0.349 e. The zero-order valence-electron chi connectivity index (χ0n) is 9.94. The van der Waals surface area contributed by atoms with Crippen molar-refractivity contribution in [2.75, 3.05) is 5.32 Å². The van der Waals surface area contributed by atoms with Gasteiger partial charge in [0.1, 0.15) is 0 Å². The minimum atomic E-state index is 0.266. The van der Waals surface area contributed by atoms with Crippen molar-refractivity contribution in [2.24, 2.45) is 7.05 Å². The maximum Gasteiger partial charge on any atom is 0.202 e. The third-order valence-electron chi connectivity index (χ3n) is 2.82. The first-order valence-corrected chi connectivity index (χ1v) is 5.48. The quantitative estimate of drug-likeness (QED) is 0.853. The summed E-state index contributed by atoms with van der Waals surface area (Å²) < 4.78 is 1.98. The lowest BCUT2D eigenvalue weighted by Crippen LogP contribution is -2.11. The number of hydrogen-bond donors (Lipinski definition) is 1. The molecule has 1 heterocycles. The van der Waals surface area contributed by atoms with E-state index in [2.05, 4.69) is 48.4 Å². The molecule has 0 amide bonds. The number of aryl methyl sites for hydroxylation is 2. The van der Waals surface area contributed by atoms with Crippen LogP contribution in [-0.2, 0) is 7.05 Å². The van der Waals surface area contributed by atoms with Gasteiger partial charge in [-0.2, -0.15) is 0 Å². The Bertz CT molecular complexity index is 474. The molecule has 0 aliphatic rings. The first kappa shape index (κ1) is 10.7. The molecule has 1 aromatic carbocycles. The fourth-order valence-electron chi connectivity index (χ4n) is 1.85. The highest BCUT2D eigenvalue weighted by atomic mass is 15.2. The van der Waals surface area contributed by atoms with Gasteiger partial charge in [0.2, 0.25) is 5.95 Å². The smallest absolute Gasteiger partial charge is 0.202 e. The molecule has 3 nitrogen and oxygen atoms in total. The van der Waals surface area contributed by atoms with E-state index in [1.165, 1.54) is 11.1 Å². The number of nitrogens with zero attached hydrogens (tertiary/aromatic N) is 2. The molecule has 2 rings (SSSR count). The summed E-state index contributed by atoms with van der Waals surface area (Å²) in [6, 6.07) is 8.68. The van der Waals surface area contributed by atoms with Crippen molar-refractivity contribution in [3.05, 3.63) is 47.8 Å². The second kappa shape index (κ2) is 4.39. The van der Waals surface area contributed by atoms with E-state index in [4.69, 9.17) is 0 Å². The number of benzene rings is 1. The van der Waals surface area contributed by atoms with E-state index >= 15 is 0 Å². The number of imidazole rings is 1. The molecule has 0 bridgehead atoms. The Morgan fingerprint density at radius 2 is 2.06 bits per heavy atom. The third-order valence-corrected chi connectivity index (χ3v) is 2.82. The van der Waals surface area contributed by atoms with Gasteiger partial charge in [0.15, 0.2) is 0 Å². The van der Waals surface area contributed by atoms with Crippen molar-refractivity contribution in [1.29, 1.82) is 0 Å². The molecule has 1 N–H and O–H groups in total. The lowest BCUT2D eigenvalue weighted by atomic mass is 10.0. The predicted octanol–water partition coefficient (Wildman–Crippen LogP) is 2.90. The van der Waals surface area contributed by atoms with E-state index in [1.807, 2.05) is 17.8 Å². The Kier molecular flexibility index (Phi) is 2.95. The third kappa shape index (κ3) is 2.08. The number of rotatable bonds is 3. The summed E-state index contributed by atoms with van der Waals surface area (Å²) in [6.07, 6.45) is 3.74. The Labute approximate surface area is 96.1 Å². The highest BCUT2D eigenvalue weighted by molar-refractivity contribution is 5.36. The molecule has 0 saturated carbocycles. The van der Waals surface area contributed by atoms with Crippen molar-refractivity contribution in [2.45, 2.75) is 19.9 Å². The fraction of sp³-hybridized carbons (Fsp3) is 0.308. The van der Waals surface area contributed by atoms with Crippen LogP contribution in [0.5, 0.6) is 0 Å². The van der Waals surface area contributed by atoms with Crippen LogP contribution in [-0.4, -0.2) is 9.55 Å². The molecule has 1 atom stereocenters. The van der Waals surface area contributed by atoms with Crippen molar-refractivity contribution in [3.63, 3.8) is 0 Å². The number of anilines is 1. The van der Waals surface area contributed by atoms with E-state index in [9.17, 15) is 0 Å². The molecule has 0 aliphatic heterocycles. The summed E-state index contributed by atoms with van der Waals surface area (Å²) in [7, 11) is 1.99. The van der Waals surface area contributed by atoms with Gasteiger partial charge in [0.25, 0.3) is 0 Å². The Morgan fingerprint density at radius 3 is 2.69 bits per heavy atom. The first-order valence-electron chi connectivity index (χ1n) is 5.48. The van der Waals surface area contributed by atoms with Gasteiger partial charge >= 0.3 is 0 Å². The van der Waals surface area contributed by atoms with Crippen LogP contribution in [0, 0.1) is 6.92 Å². The number of hydrogen-bond acceptors (Lipinski definition) is 2. The molecule has 0 aliphatic carbocycles. The summed E-state index contributed by atoms with van der Waals surface area (Å²) in [6.45, 7) is 4.28. The molecule has 3 heteroatoms. The molecule has 0 radical (unpaired) electrons. The molecule has 84 valence electrons. The monoisotopic (exact) mass is 215 g/mol. The lowest BCUT2D eigenvalue weighted by Gasteiger charge is -2.17. The van der Waals surface area contributed by atoms with Crippen molar-refractivity contribution in [1.82, 2.24) is 9.55 Å². The van der Waals surface area contributed by atoms with E-state index in [0.717, 1.165) is 5.95 Å². The summed E-state index contributed by atoms with van der Waals surface area (Å²) in [5.74, 6) is 0.899. The average molecular weight is 215 g/mol. The second-order valence-electron chi connectivity index (χ2n) is 4.08.